The summed E-state index contributed by atoms with van der Waals surface area (Å²) in [6, 6.07) is 11.6. The fourth-order valence-electron chi connectivity index (χ4n) is 4.58. The van der Waals surface area contributed by atoms with E-state index >= 15 is 0 Å². The third-order valence-corrected chi connectivity index (χ3v) is 7.04. The molecule has 2 aromatic rings. The van der Waals surface area contributed by atoms with Crippen molar-refractivity contribution in [1.29, 1.82) is 0 Å². The van der Waals surface area contributed by atoms with E-state index in [9.17, 15) is 19.5 Å². The molecule has 0 unspecified atom stereocenters. The zero-order chi connectivity index (χ0) is 26.7. The number of carbonyl (C=O) groups is 3. The van der Waals surface area contributed by atoms with Gasteiger partial charge in [-0.1, -0.05) is 25.1 Å². The van der Waals surface area contributed by atoms with Gasteiger partial charge in [-0.05, 0) is 56.6 Å². The Kier molecular flexibility index (Phi) is 8.14. The third-order valence-electron chi connectivity index (χ3n) is 7.04. The van der Waals surface area contributed by atoms with Gasteiger partial charge in [0, 0.05) is 31.5 Å². The first kappa shape index (κ1) is 26.6. The Hall–Kier alpha value is -3.43. The molecule has 1 aliphatic carbocycles. The monoisotopic (exact) mass is 509 g/mol. The van der Waals surface area contributed by atoms with E-state index in [1.807, 2.05) is 20.9 Å². The highest BCUT2D eigenvalue weighted by Gasteiger charge is 2.36. The molecule has 1 saturated carbocycles. The fraction of sp³-hybridized carbons (Fsp3) is 0.464. The number of amides is 2. The number of aromatic carboxylic acids is 1. The number of fused-ring (bicyclic) bond motifs is 1. The van der Waals surface area contributed by atoms with Gasteiger partial charge < -0.3 is 25.2 Å². The number of carbonyl (C=O) groups excluding carboxylic acids is 2. The predicted molar refractivity (Wildman–Crippen MR) is 139 cm³/mol. The van der Waals surface area contributed by atoms with Crippen molar-refractivity contribution in [3.8, 4) is 5.75 Å². The molecule has 2 aromatic carbocycles. The van der Waals surface area contributed by atoms with Crippen molar-refractivity contribution >= 4 is 23.5 Å². The van der Waals surface area contributed by atoms with Crippen molar-refractivity contribution in [2.75, 3.05) is 32.1 Å². The number of ether oxygens (including phenoxy) is 1. The summed E-state index contributed by atoms with van der Waals surface area (Å²) in [5, 5.41) is 21.9. The molecule has 3 N–H and O–H groups in total. The minimum Gasteiger partial charge on any atom is -0.486 e. The van der Waals surface area contributed by atoms with Crippen LogP contribution in [0.3, 0.4) is 0 Å². The van der Waals surface area contributed by atoms with Crippen molar-refractivity contribution in [3.63, 3.8) is 0 Å². The molecule has 2 aliphatic rings. The van der Waals surface area contributed by atoms with Gasteiger partial charge in [0.25, 0.3) is 5.91 Å². The third kappa shape index (κ3) is 6.29. The number of benzene rings is 2. The minimum absolute atomic E-state index is 0.000563. The molecule has 4 rings (SSSR count). The molecule has 0 aromatic heterocycles. The number of hydrogen-bond donors (Lipinski definition) is 3. The van der Waals surface area contributed by atoms with Crippen LogP contribution in [0.1, 0.15) is 53.0 Å². The quantitative estimate of drug-likeness (QED) is 0.475. The number of carboxylic acid groups (broad SMARTS) is 1. The second-order valence-electron chi connectivity index (χ2n) is 10.3. The number of para-hydroxylation sites is 1. The maximum atomic E-state index is 13.5. The summed E-state index contributed by atoms with van der Waals surface area (Å²) < 4.78 is 6.53. The van der Waals surface area contributed by atoms with Crippen LogP contribution >= 0.6 is 0 Å². The SMILES string of the molecule is C[C@H]1CN([C@@H](C)CO)C(=O)c2cccc(NC(=O)C3CC3)c2O[C@H]1CN(C)Cc1ccc(C(=O)O)cc1. The molecule has 0 spiro atoms. The summed E-state index contributed by atoms with van der Waals surface area (Å²) in [7, 11) is 1.96. The Morgan fingerprint density at radius 1 is 1.19 bits per heavy atom. The van der Waals surface area contributed by atoms with E-state index in [0.717, 1.165) is 18.4 Å². The smallest absolute Gasteiger partial charge is 0.335 e. The van der Waals surface area contributed by atoms with Crippen molar-refractivity contribution < 1.29 is 29.3 Å². The average molecular weight is 510 g/mol. The molecule has 0 saturated heterocycles. The molecule has 198 valence electrons. The Morgan fingerprint density at radius 2 is 1.89 bits per heavy atom. The normalized spacial score (nSPS) is 20.5. The van der Waals surface area contributed by atoms with Crippen LogP contribution in [0.4, 0.5) is 5.69 Å². The number of aliphatic hydroxyl groups is 1. The molecule has 37 heavy (non-hydrogen) atoms. The molecule has 9 nitrogen and oxygen atoms in total. The average Bonchev–Trinajstić information content (AvgIpc) is 3.72. The zero-order valence-electron chi connectivity index (χ0n) is 21.5. The number of nitrogens with zero attached hydrogens (tertiary/aromatic N) is 2. The van der Waals surface area contributed by atoms with Gasteiger partial charge in [-0.15, -0.1) is 0 Å². The molecule has 3 atom stereocenters. The highest BCUT2D eigenvalue weighted by atomic mass is 16.5. The van der Waals surface area contributed by atoms with E-state index in [2.05, 4.69) is 10.2 Å². The lowest BCUT2D eigenvalue weighted by atomic mass is 9.98. The van der Waals surface area contributed by atoms with Gasteiger partial charge >= 0.3 is 5.97 Å². The van der Waals surface area contributed by atoms with E-state index in [0.29, 0.717) is 36.6 Å². The van der Waals surface area contributed by atoms with Gasteiger partial charge in [-0.2, -0.15) is 0 Å². The van der Waals surface area contributed by atoms with E-state index in [1.165, 1.54) is 0 Å². The maximum Gasteiger partial charge on any atom is 0.335 e. The lowest BCUT2D eigenvalue weighted by Crippen LogP contribution is -2.49. The van der Waals surface area contributed by atoms with E-state index < -0.39 is 5.97 Å². The molecule has 1 fully saturated rings. The molecule has 2 amide bonds. The lowest BCUT2D eigenvalue weighted by molar-refractivity contribution is -0.117. The fourth-order valence-corrected chi connectivity index (χ4v) is 4.58. The van der Waals surface area contributed by atoms with Gasteiger partial charge in [0.05, 0.1) is 29.5 Å². The van der Waals surface area contributed by atoms with E-state index in [4.69, 9.17) is 9.84 Å². The van der Waals surface area contributed by atoms with Crippen LogP contribution in [0, 0.1) is 11.8 Å². The topological polar surface area (TPSA) is 119 Å². The van der Waals surface area contributed by atoms with Gasteiger partial charge in [0.15, 0.2) is 5.75 Å². The summed E-state index contributed by atoms with van der Waals surface area (Å²) >= 11 is 0. The van der Waals surface area contributed by atoms with Crippen molar-refractivity contribution in [2.45, 2.75) is 45.4 Å². The minimum atomic E-state index is -0.962. The van der Waals surface area contributed by atoms with Crippen LogP contribution in [0.25, 0.3) is 0 Å². The largest absolute Gasteiger partial charge is 0.486 e. The van der Waals surface area contributed by atoms with Crippen molar-refractivity contribution in [2.24, 2.45) is 11.8 Å². The van der Waals surface area contributed by atoms with Crippen molar-refractivity contribution in [1.82, 2.24) is 9.80 Å². The van der Waals surface area contributed by atoms with Crippen LogP contribution in [0.2, 0.25) is 0 Å². The van der Waals surface area contributed by atoms with Crippen LogP contribution in [0.15, 0.2) is 42.5 Å². The highest BCUT2D eigenvalue weighted by Crippen LogP contribution is 2.37. The van der Waals surface area contributed by atoms with Crippen LogP contribution in [0.5, 0.6) is 5.75 Å². The molecule has 1 heterocycles. The number of aliphatic hydroxyl groups excluding tert-OH is 1. The molecular weight excluding hydrogens is 474 g/mol. The number of anilines is 1. The summed E-state index contributed by atoms with van der Waals surface area (Å²) in [6.45, 7) is 5.18. The molecule has 0 radical (unpaired) electrons. The number of rotatable bonds is 9. The first-order chi connectivity index (χ1) is 17.7. The van der Waals surface area contributed by atoms with Crippen molar-refractivity contribution in [3.05, 3.63) is 59.2 Å². The van der Waals surface area contributed by atoms with Crippen LogP contribution in [-0.2, 0) is 11.3 Å². The zero-order valence-corrected chi connectivity index (χ0v) is 21.5. The Bertz CT molecular complexity index is 1150. The van der Waals surface area contributed by atoms with Gasteiger partial charge in [0.2, 0.25) is 5.91 Å². The predicted octanol–water partition coefficient (Wildman–Crippen LogP) is 3.09. The Balaban J connectivity index is 1.60. The second-order valence-corrected chi connectivity index (χ2v) is 10.3. The molecule has 1 aliphatic heterocycles. The first-order valence-electron chi connectivity index (χ1n) is 12.7. The Labute approximate surface area is 217 Å². The molecule has 0 bridgehead atoms. The summed E-state index contributed by atoms with van der Waals surface area (Å²) in [6.07, 6.45) is 1.41. The molecule has 9 heteroatoms. The second kappa shape index (κ2) is 11.3. The summed E-state index contributed by atoms with van der Waals surface area (Å²) in [5.74, 6) is -0.993. The molecular formula is C28H35N3O6. The number of carboxylic acids is 1. The number of hydrogen-bond acceptors (Lipinski definition) is 6. The summed E-state index contributed by atoms with van der Waals surface area (Å²) in [4.78, 5) is 41.0. The first-order valence-corrected chi connectivity index (χ1v) is 12.7. The highest BCUT2D eigenvalue weighted by molar-refractivity contribution is 6.02. The summed E-state index contributed by atoms with van der Waals surface area (Å²) in [5.41, 5.74) is 2.04. The van der Waals surface area contributed by atoms with Gasteiger partial charge in [0.1, 0.15) is 6.10 Å². The van der Waals surface area contributed by atoms with Crippen LogP contribution in [-0.4, -0.2) is 76.7 Å². The van der Waals surface area contributed by atoms with Gasteiger partial charge in [-0.25, -0.2) is 4.79 Å². The number of likely N-dealkylation sites (N-methyl/N-ethyl adjacent to an activating group) is 1. The lowest BCUT2D eigenvalue weighted by Gasteiger charge is -2.38. The maximum absolute atomic E-state index is 13.5. The number of nitrogens with one attached hydrogen (secondary N) is 1. The van der Waals surface area contributed by atoms with Crippen LogP contribution < -0.4 is 10.1 Å². The Morgan fingerprint density at radius 3 is 2.51 bits per heavy atom. The van der Waals surface area contributed by atoms with E-state index in [-0.39, 0.29) is 48.0 Å². The van der Waals surface area contributed by atoms with E-state index in [1.54, 1.807) is 47.4 Å². The standard InChI is InChI=1S/C28H35N3O6/c1-17-13-31(18(2)16-32)27(34)22-5-4-6-23(29-26(33)20-11-12-20)25(22)37-24(17)15-30(3)14-19-7-9-21(10-8-19)28(35)36/h4-10,17-18,20,24,32H,11-16H2,1-3H3,(H,29,33)(H,35,36)/t17-,18-,24-/m0/s1. The van der Waals surface area contributed by atoms with Gasteiger partial charge in [-0.3, -0.25) is 14.5 Å².